The van der Waals surface area contributed by atoms with Gasteiger partial charge in [-0.25, -0.2) is 18.4 Å². The highest BCUT2D eigenvalue weighted by atomic mass is 35.5. The summed E-state index contributed by atoms with van der Waals surface area (Å²) in [5.74, 6) is 0.642. The Morgan fingerprint density at radius 1 is 1.03 bits per heavy atom. The van der Waals surface area contributed by atoms with Crippen LogP contribution in [0.5, 0.6) is 0 Å². The van der Waals surface area contributed by atoms with Crippen molar-refractivity contribution in [2.24, 2.45) is 5.73 Å². The van der Waals surface area contributed by atoms with Crippen LogP contribution in [0.3, 0.4) is 0 Å². The molecule has 0 saturated heterocycles. The van der Waals surface area contributed by atoms with E-state index in [2.05, 4.69) is 33.0 Å². The van der Waals surface area contributed by atoms with Crippen molar-refractivity contribution >= 4 is 44.2 Å². The topological polar surface area (TPSA) is 123 Å². The van der Waals surface area contributed by atoms with Crippen molar-refractivity contribution < 1.29 is 8.42 Å². The predicted octanol–water partition coefficient (Wildman–Crippen LogP) is 5.39. The molecule has 2 aromatic carbocycles. The molecule has 4 aromatic rings. The SMILES string of the molecule is CCc1cc(-c2ccc(NS(=O)(=O)c3ccccc3Cl)cn2)cc2cnc(N[C@H]3CC[C@H](N)CC3)nc12. The van der Waals surface area contributed by atoms with Gasteiger partial charge in [0, 0.05) is 29.2 Å². The number of nitrogens with one attached hydrogen (secondary N) is 2. The molecule has 2 aromatic heterocycles. The zero-order chi connectivity index (χ0) is 26.0. The van der Waals surface area contributed by atoms with Gasteiger partial charge in [-0.1, -0.05) is 30.7 Å². The average molecular weight is 537 g/mol. The van der Waals surface area contributed by atoms with Gasteiger partial charge in [0.05, 0.1) is 28.1 Å². The fourth-order valence-corrected chi connectivity index (χ4v) is 6.21. The summed E-state index contributed by atoms with van der Waals surface area (Å²) in [5, 5.41) is 4.56. The van der Waals surface area contributed by atoms with E-state index in [1.54, 1.807) is 24.3 Å². The molecule has 0 radical (unpaired) electrons. The van der Waals surface area contributed by atoms with Gasteiger partial charge in [0.1, 0.15) is 4.90 Å². The summed E-state index contributed by atoms with van der Waals surface area (Å²) in [6.45, 7) is 2.09. The molecule has 8 nitrogen and oxygen atoms in total. The number of hydrogen-bond acceptors (Lipinski definition) is 7. The Morgan fingerprint density at radius 3 is 2.51 bits per heavy atom. The molecule has 0 bridgehead atoms. The zero-order valence-electron chi connectivity index (χ0n) is 20.5. The second-order valence-electron chi connectivity index (χ2n) is 9.34. The number of nitrogens with zero attached hydrogens (tertiary/aromatic N) is 3. The Morgan fingerprint density at radius 2 is 1.81 bits per heavy atom. The fraction of sp³-hybridized carbons (Fsp3) is 0.296. The third-order valence-electron chi connectivity index (χ3n) is 6.69. The molecule has 0 unspecified atom stereocenters. The van der Waals surface area contributed by atoms with Gasteiger partial charge in [-0.15, -0.1) is 0 Å². The first-order valence-corrected chi connectivity index (χ1v) is 14.2. The van der Waals surface area contributed by atoms with Gasteiger partial charge in [0.25, 0.3) is 10.0 Å². The van der Waals surface area contributed by atoms with E-state index in [9.17, 15) is 8.42 Å². The number of aryl methyl sites for hydroxylation is 1. The lowest BCUT2D eigenvalue weighted by Gasteiger charge is -2.26. The summed E-state index contributed by atoms with van der Waals surface area (Å²) in [4.78, 5) is 13.9. The maximum atomic E-state index is 12.7. The number of fused-ring (bicyclic) bond motifs is 1. The second-order valence-corrected chi connectivity index (χ2v) is 11.4. The van der Waals surface area contributed by atoms with E-state index in [1.807, 2.05) is 12.3 Å². The van der Waals surface area contributed by atoms with Crippen LogP contribution < -0.4 is 15.8 Å². The van der Waals surface area contributed by atoms with Crippen molar-refractivity contribution in [3.05, 3.63) is 71.5 Å². The molecule has 10 heteroatoms. The van der Waals surface area contributed by atoms with Crippen LogP contribution in [-0.4, -0.2) is 35.5 Å². The number of halogens is 1. The van der Waals surface area contributed by atoms with Crippen molar-refractivity contribution in [1.29, 1.82) is 0 Å². The van der Waals surface area contributed by atoms with Gasteiger partial charge in [-0.05, 0) is 74.1 Å². The van der Waals surface area contributed by atoms with E-state index in [1.165, 1.54) is 18.3 Å². The van der Waals surface area contributed by atoms with Crippen molar-refractivity contribution in [3.8, 4) is 11.3 Å². The van der Waals surface area contributed by atoms with Crippen molar-refractivity contribution in [2.75, 3.05) is 10.0 Å². The molecule has 37 heavy (non-hydrogen) atoms. The number of aromatic nitrogens is 3. The normalized spacial score (nSPS) is 18.0. The molecule has 0 spiro atoms. The van der Waals surface area contributed by atoms with E-state index in [4.69, 9.17) is 22.3 Å². The summed E-state index contributed by atoms with van der Waals surface area (Å²) in [6, 6.07) is 14.5. The van der Waals surface area contributed by atoms with Gasteiger partial charge in [0.15, 0.2) is 0 Å². The lowest BCUT2D eigenvalue weighted by atomic mass is 9.92. The molecule has 1 aliphatic carbocycles. The van der Waals surface area contributed by atoms with Crippen LogP contribution in [0, 0.1) is 0 Å². The van der Waals surface area contributed by atoms with Crippen LogP contribution in [0.2, 0.25) is 5.02 Å². The van der Waals surface area contributed by atoms with Crippen LogP contribution >= 0.6 is 11.6 Å². The summed E-state index contributed by atoms with van der Waals surface area (Å²) in [6.07, 6.45) is 8.22. The van der Waals surface area contributed by atoms with E-state index in [0.29, 0.717) is 23.7 Å². The first kappa shape index (κ1) is 25.4. The highest BCUT2D eigenvalue weighted by molar-refractivity contribution is 7.92. The molecule has 0 atom stereocenters. The Kier molecular flexibility index (Phi) is 7.28. The largest absolute Gasteiger partial charge is 0.351 e. The molecule has 1 aliphatic rings. The molecule has 0 amide bonds. The van der Waals surface area contributed by atoms with Crippen molar-refractivity contribution in [2.45, 2.75) is 56.0 Å². The van der Waals surface area contributed by atoms with Gasteiger partial charge in [-0.3, -0.25) is 9.71 Å². The number of benzene rings is 2. The Bertz CT molecular complexity index is 1520. The van der Waals surface area contributed by atoms with Crippen LogP contribution in [0.25, 0.3) is 22.2 Å². The molecule has 2 heterocycles. The minimum atomic E-state index is -3.83. The van der Waals surface area contributed by atoms with Crippen LogP contribution in [0.15, 0.2) is 65.8 Å². The monoisotopic (exact) mass is 536 g/mol. The Hall–Kier alpha value is -3.27. The first-order chi connectivity index (χ1) is 17.8. The number of hydrogen-bond donors (Lipinski definition) is 3. The summed E-state index contributed by atoms with van der Waals surface area (Å²) in [5.41, 5.74) is 10.0. The third-order valence-corrected chi connectivity index (χ3v) is 8.57. The molecule has 0 aliphatic heterocycles. The number of pyridine rings is 1. The second kappa shape index (κ2) is 10.6. The standard InChI is InChI=1S/C27H29ClN6O2S/c1-2-17-13-18(14-19-15-31-27(33-26(17)19)32-21-9-7-20(29)8-10-21)24-12-11-22(16-30-24)34-37(35,36)25-6-4-3-5-23(25)28/h3-6,11-16,20-21,34H,2,7-10,29H2,1H3,(H,31,32,33)/t20-,21-. The van der Waals surface area contributed by atoms with E-state index < -0.39 is 10.0 Å². The summed E-state index contributed by atoms with van der Waals surface area (Å²) >= 11 is 6.07. The van der Waals surface area contributed by atoms with Crippen molar-refractivity contribution in [1.82, 2.24) is 15.0 Å². The zero-order valence-corrected chi connectivity index (χ0v) is 22.1. The smallest absolute Gasteiger partial charge is 0.263 e. The molecule has 5 rings (SSSR count). The quantitative estimate of drug-likeness (QED) is 0.289. The van der Waals surface area contributed by atoms with Gasteiger partial charge < -0.3 is 11.1 Å². The lowest BCUT2D eigenvalue weighted by molar-refractivity contribution is 0.410. The lowest BCUT2D eigenvalue weighted by Crippen LogP contribution is -2.33. The number of nitrogens with two attached hydrogens (primary N) is 1. The summed E-state index contributed by atoms with van der Waals surface area (Å²) in [7, 11) is -3.83. The minimum Gasteiger partial charge on any atom is -0.351 e. The first-order valence-electron chi connectivity index (χ1n) is 12.4. The number of rotatable bonds is 7. The Labute approximate surface area is 221 Å². The predicted molar refractivity (Wildman–Crippen MR) is 148 cm³/mol. The molecule has 4 N–H and O–H groups in total. The number of sulfonamides is 1. The maximum absolute atomic E-state index is 12.7. The molecular weight excluding hydrogens is 508 g/mol. The number of anilines is 2. The van der Waals surface area contributed by atoms with Gasteiger partial charge in [0.2, 0.25) is 5.95 Å². The molecule has 1 fully saturated rings. The fourth-order valence-electron chi connectivity index (χ4n) is 4.65. The highest BCUT2D eigenvalue weighted by Crippen LogP contribution is 2.29. The van der Waals surface area contributed by atoms with E-state index in [0.717, 1.165) is 59.8 Å². The molecule has 1 saturated carbocycles. The van der Waals surface area contributed by atoms with Gasteiger partial charge >= 0.3 is 0 Å². The highest BCUT2D eigenvalue weighted by Gasteiger charge is 2.20. The minimum absolute atomic E-state index is 0.0174. The molecular formula is C27H29ClN6O2S. The summed E-state index contributed by atoms with van der Waals surface area (Å²) < 4.78 is 28.0. The van der Waals surface area contributed by atoms with Crippen LogP contribution in [-0.2, 0) is 16.4 Å². The molecule has 192 valence electrons. The average Bonchev–Trinajstić information content (AvgIpc) is 2.90. The maximum Gasteiger partial charge on any atom is 0.263 e. The van der Waals surface area contributed by atoms with Crippen molar-refractivity contribution in [3.63, 3.8) is 0 Å². The van der Waals surface area contributed by atoms with E-state index >= 15 is 0 Å². The van der Waals surface area contributed by atoms with E-state index in [-0.39, 0.29) is 9.92 Å². The van der Waals surface area contributed by atoms with Crippen LogP contribution in [0.1, 0.15) is 38.2 Å². The van der Waals surface area contributed by atoms with Crippen LogP contribution in [0.4, 0.5) is 11.6 Å². The third kappa shape index (κ3) is 5.69. The van der Waals surface area contributed by atoms with Gasteiger partial charge in [-0.2, -0.15) is 0 Å². The Balaban J connectivity index is 1.37.